The SMILES string of the molecule is CC(C)NC(=O)CN(C)c1ccc(C(C)O)cc1[N+](=O)[O-]. The second kappa shape index (κ2) is 7.03. The van der Waals surface area contributed by atoms with Gasteiger partial charge in [-0.3, -0.25) is 14.9 Å². The van der Waals surface area contributed by atoms with Crippen molar-refractivity contribution in [2.75, 3.05) is 18.5 Å². The number of nitro groups is 1. The third-order valence-electron chi connectivity index (χ3n) is 2.92. The number of aliphatic hydroxyl groups excluding tert-OH is 1. The maximum absolute atomic E-state index is 11.7. The zero-order valence-electron chi connectivity index (χ0n) is 12.7. The molecule has 7 nitrogen and oxygen atoms in total. The number of carbonyl (C=O) groups excluding carboxylic acids is 1. The highest BCUT2D eigenvalue weighted by Crippen LogP contribution is 2.30. The molecule has 0 aliphatic rings. The summed E-state index contributed by atoms with van der Waals surface area (Å²) in [5.41, 5.74) is 0.669. The van der Waals surface area contributed by atoms with Crippen LogP contribution < -0.4 is 10.2 Å². The standard InChI is InChI=1S/C14H21N3O4/c1-9(2)15-14(19)8-16(4)12-6-5-11(10(3)18)7-13(12)17(20)21/h5-7,9-10,18H,8H2,1-4H3,(H,15,19). The first-order valence-corrected chi connectivity index (χ1v) is 6.69. The Kier molecular flexibility index (Phi) is 5.66. The Labute approximate surface area is 123 Å². The van der Waals surface area contributed by atoms with Gasteiger partial charge in [0.1, 0.15) is 5.69 Å². The molecule has 0 aliphatic heterocycles. The van der Waals surface area contributed by atoms with E-state index in [1.165, 1.54) is 11.0 Å². The minimum absolute atomic E-state index is 0.0125. The molecular formula is C14H21N3O4. The number of anilines is 1. The summed E-state index contributed by atoms with van der Waals surface area (Å²) in [5.74, 6) is -0.207. The van der Waals surface area contributed by atoms with E-state index in [0.29, 0.717) is 11.3 Å². The highest BCUT2D eigenvalue weighted by atomic mass is 16.6. The van der Waals surface area contributed by atoms with E-state index in [1.807, 2.05) is 13.8 Å². The molecular weight excluding hydrogens is 274 g/mol. The summed E-state index contributed by atoms with van der Waals surface area (Å²) in [7, 11) is 1.62. The van der Waals surface area contributed by atoms with Crippen LogP contribution >= 0.6 is 0 Å². The zero-order valence-corrected chi connectivity index (χ0v) is 12.7. The third-order valence-corrected chi connectivity index (χ3v) is 2.92. The van der Waals surface area contributed by atoms with E-state index in [4.69, 9.17) is 0 Å². The van der Waals surface area contributed by atoms with Crippen LogP contribution in [0.1, 0.15) is 32.4 Å². The van der Waals surface area contributed by atoms with Crippen LogP contribution in [0.4, 0.5) is 11.4 Å². The molecule has 0 saturated carbocycles. The second-order valence-corrected chi connectivity index (χ2v) is 5.26. The van der Waals surface area contributed by atoms with Crippen molar-refractivity contribution in [3.05, 3.63) is 33.9 Å². The van der Waals surface area contributed by atoms with Gasteiger partial charge in [-0.15, -0.1) is 0 Å². The van der Waals surface area contributed by atoms with Crippen molar-refractivity contribution in [2.45, 2.75) is 32.9 Å². The van der Waals surface area contributed by atoms with Gasteiger partial charge in [-0.2, -0.15) is 0 Å². The Balaban J connectivity index is 3.00. The van der Waals surface area contributed by atoms with Crippen LogP contribution in [0, 0.1) is 10.1 Å². The number of amides is 1. The molecule has 7 heteroatoms. The molecule has 0 fully saturated rings. The number of benzene rings is 1. The molecule has 0 saturated heterocycles. The molecule has 116 valence electrons. The molecule has 2 N–H and O–H groups in total. The predicted octanol–water partition coefficient (Wildman–Crippen LogP) is 1.61. The van der Waals surface area contributed by atoms with Crippen LogP contribution in [-0.2, 0) is 4.79 Å². The van der Waals surface area contributed by atoms with Gasteiger partial charge in [-0.1, -0.05) is 6.07 Å². The number of nitro benzene ring substituents is 1. The number of carbonyl (C=O) groups is 1. The van der Waals surface area contributed by atoms with E-state index in [0.717, 1.165) is 0 Å². The average molecular weight is 295 g/mol. The number of hydrogen-bond donors (Lipinski definition) is 2. The number of nitrogens with zero attached hydrogens (tertiary/aromatic N) is 2. The minimum atomic E-state index is -0.785. The van der Waals surface area contributed by atoms with Gasteiger partial charge >= 0.3 is 0 Å². The van der Waals surface area contributed by atoms with Crippen molar-refractivity contribution in [3.63, 3.8) is 0 Å². The fourth-order valence-corrected chi connectivity index (χ4v) is 1.94. The lowest BCUT2D eigenvalue weighted by atomic mass is 10.1. The van der Waals surface area contributed by atoms with Crippen molar-refractivity contribution in [1.29, 1.82) is 0 Å². The van der Waals surface area contributed by atoms with Crippen molar-refractivity contribution in [2.24, 2.45) is 0 Å². The van der Waals surface area contributed by atoms with E-state index in [9.17, 15) is 20.0 Å². The van der Waals surface area contributed by atoms with Crippen LogP contribution in [0.2, 0.25) is 0 Å². The van der Waals surface area contributed by atoms with Crippen molar-refractivity contribution < 1.29 is 14.8 Å². The van der Waals surface area contributed by atoms with Crippen LogP contribution in [-0.4, -0.2) is 35.6 Å². The quantitative estimate of drug-likeness (QED) is 0.614. The van der Waals surface area contributed by atoms with Crippen LogP contribution in [0.3, 0.4) is 0 Å². The lowest BCUT2D eigenvalue weighted by Gasteiger charge is -2.20. The van der Waals surface area contributed by atoms with Gasteiger partial charge in [0.15, 0.2) is 0 Å². The molecule has 0 radical (unpaired) electrons. The van der Waals surface area contributed by atoms with Gasteiger partial charge in [0.25, 0.3) is 5.69 Å². The minimum Gasteiger partial charge on any atom is -0.389 e. The summed E-state index contributed by atoms with van der Waals surface area (Å²) in [4.78, 5) is 23.9. The molecule has 0 heterocycles. The van der Waals surface area contributed by atoms with Crippen molar-refractivity contribution >= 4 is 17.3 Å². The Hall–Kier alpha value is -2.15. The van der Waals surface area contributed by atoms with E-state index < -0.39 is 11.0 Å². The number of rotatable bonds is 6. The first-order valence-electron chi connectivity index (χ1n) is 6.69. The number of hydrogen-bond acceptors (Lipinski definition) is 5. The first kappa shape index (κ1) is 16.9. The molecule has 1 atom stereocenters. The van der Waals surface area contributed by atoms with Crippen molar-refractivity contribution in [1.82, 2.24) is 5.32 Å². The van der Waals surface area contributed by atoms with Crippen LogP contribution in [0.25, 0.3) is 0 Å². The average Bonchev–Trinajstić information content (AvgIpc) is 2.36. The summed E-state index contributed by atoms with van der Waals surface area (Å²) in [6.07, 6.45) is -0.785. The molecule has 1 rings (SSSR count). The third kappa shape index (κ3) is 4.71. The smallest absolute Gasteiger partial charge is 0.292 e. The summed E-state index contributed by atoms with van der Waals surface area (Å²) in [6, 6.07) is 4.50. The molecule has 21 heavy (non-hydrogen) atoms. The highest BCUT2D eigenvalue weighted by Gasteiger charge is 2.20. The molecule has 1 aromatic rings. The number of aliphatic hydroxyl groups is 1. The fraction of sp³-hybridized carbons (Fsp3) is 0.500. The van der Waals surface area contributed by atoms with Gasteiger partial charge < -0.3 is 15.3 Å². The Bertz CT molecular complexity index is 529. The van der Waals surface area contributed by atoms with E-state index in [2.05, 4.69) is 5.32 Å². The number of likely N-dealkylation sites (N-methyl/N-ethyl adjacent to an activating group) is 1. The fourth-order valence-electron chi connectivity index (χ4n) is 1.94. The predicted molar refractivity (Wildman–Crippen MR) is 80.3 cm³/mol. The van der Waals surface area contributed by atoms with E-state index in [-0.39, 0.29) is 24.2 Å². The lowest BCUT2D eigenvalue weighted by molar-refractivity contribution is -0.384. The molecule has 0 bridgehead atoms. The van der Waals surface area contributed by atoms with E-state index in [1.54, 1.807) is 26.1 Å². The van der Waals surface area contributed by atoms with Crippen LogP contribution in [0.5, 0.6) is 0 Å². The van der Waals surface area contributed by atoms with Gasteiger partial charge in [-0.05, 0) is 32.4 Å². The zero-order chi connectivity index (χ0) is 16.2. The van der Waals surface area contributed by atoms with Gasteiger partial charge in [-0.25, -0.2) is 0 Å². The topological polar surface area (TPSA) is 95.7 Å². The largest absolute Gasteiger partial charge is 0.389 e. The lowest BCUT2D eigenvalue weighted by Crippen LogP contribution is -2.38. The molecule has 1 aromatic carbocycles. The Morgan fingerprint density at radius 1 is 1.43 bits per heavy atom. The Morgan fingerprint density at radius 3 is 2.52 bits per heavy atom. The van der Waals surface area contributed by atoms with Gasteiger partial charge in [0.2, 0.25) is 5.91 Å². The molecule has 0 aromatic heterocycles. The molecule has 1 unspecified atom stereocenters. The molecule has 1 amide bonds. The second-order valence-electron chi connectivity index (χ2n) is 5.26. The summed E-state index contributed by atoms with van der Waals surface area (Å²) < 4.78 is 0. The summed E-state index contributed by atoms with van der Waals surface area (Å²) >= 11 is 0. The van der Waals surface area contributed by atoms with Crippen molar-refractivity contribution in [3.8, 4) is 0 Å². The molecule has 0 spiro atoms. The Morgan fingerprint density at radius 2 is 2.05 bits per heavy atom. The number of nitrogens with one attached hydrogen (secondary N) is 1. The summed E-state index contributed by atoms with van der Waals surface area (Å²) in [5, 5.41) is 23.4. The monoisotopic (exact) mass is 295 g/mol. The summed E-state index contributed by atoms with van der Waals surface area (Å²) in [6.45, 7) is 5.25. The van der Waals surface area contributed by atoms with Gasteiger partial charge in [0.05, 0.1) is 17.6 Å². The first-order chi connectivity index (χ1) is 9.72. The van der Waals surface area contributed by atoms with Gasteiger partial charge in [0, 0.05) is 19.2 Å². The maximum Gasteiger partial charge on any atom is 0.292 e. The highest BCUT2D eigenvalue weighted by molar-refractivity contribution is 5.82. The molecule has 0 aliphatic carbocycles. The van der Waals surface area contributed by atoms with Crippen LogP contribution in [0.15, 0.2) is 18.2 Å². The normalized spacial score (nSPS) is 12.1. The van der Waals surface area contributed by atoms with E-state index >= 15 is 0 Å². The maximum atomic E-state index is 11.7.